The van der Waals surface area contributed by atoms with Gasteiger partial charge in [0.2, 0.25) is 0 Å². The van der Waals surface area contributed by atoms with Gasteiger partial charge in [0.15, 0.2) is 0 Å². The van der Waals surface area contributed by atoms with Crippen LogP contribution in [0.15, 0.2) is 39.5 Å². The Bertz CT molecular complexity index is 542. The minimum absolute atomic E-state index is 0.0891. The number of carbonyl (C=O) groups excluding carboxylic acids is 1. The van der Waals surface area contributed by atoms with E-state index in [1.807, 2.05) is 5.38 Å². The summed E-state index contributed by atoms with van der Waals surface area (Å²) in [6.07, 6.45) is 0.848. The maximum atomic E-state index is 11.9. The molecule has 0 atom stereocenters. The van der Waals surface area contributed by atoms with E-state index in [-0.39, 0.29) is 5.91 Å². The lowest BCUT2D eigenvalue weighted by atomic mass is 10.2. The minimum Gasteiger partial charge on any atom is -0.352 e. The van der Waals surface area contributed by atoms with Gasteiger partial charge < -0.3 is 5.32 Å². The third-order valence-corrected chi connectivity index (χ3v) is 4.08. The Balaban J connectivity index is 1.91. The van der Waals surface area contributed by atoms with Crippen LogP contribution in [0.5, 0.6) is 0 Å². The molecular weight excluding hydrogens is 334 g/mol. The zero-order chi connectivity index (χ0) is 13.0. The molecule has 0 aliphatic carbocycles. The Morgan fingerprint density at radius 2 is 2.22 bits per heavy atom. The van der Waals surface area contributed by atoms with Gasteiger partial charge in [0.05, 0.1) is 5.56 Å². The lowest BCUT2D eigenvalue weighted by molar-refractivity contribution is 0.0953. The van der Waals surface area contributed by atoms with Gasteiger partial charge in [-0.3, -0.25) is 4.79 Å². The van der Waals surface area contributed by atoms with Crippen LogP contribution in [0.2, 0.25) is 5.02 Å². The predicted molar refractivity (Wildman–Crippen MR) is 79.5 cm³/mol. The Morgan fingerprint density at radius 3 is 2.89 bits per heavy atom. The lowest BCUT2D eigenvalue weighted by Gasteiger charge is -2.06. The van der Waals surface area contributed by atoms with Crippen molar-refractivity contribution in [2.24, 2.45) is 0 Å². The molecular formula is C13H11BrClNOS. The minimum atomic E-state index is -0.0891. The van der Waals surface area contributed by atoms with Crippen LogP contribution in [-0.2, 0) is 6.42 Å². The van der Waals surface area contributed by atoms with E-state index in [0.717, 1.165) is 6.42 Å². The first kappa shape index (κ1) is 13.6. The SMILES string of the molecule is O=C(NCCc1ccsc1)c1ccc(Cl)cc1Br. The number of thiophene rings is 1. The van der Waals surface area contributed by atoms with Crippen molar-refractivity contribution in [3.8, 4) is 0 Å². The highest BCUT2D eigenvalue weighted by molar-refractivity contribution is 9.10. The fourth-order valence-corrected chi connectivity index (χ4v) is 3.09. The molecule has 1 N–H and O–H groups in total. The highest BCUT2D eigenvalue weighted by Crippen LogP contribution is 2.21. The fraction of sp³-hybridized carbons (Fsp3) is 0.154. The molecule has 5 heteroatoms. The maximum absolute atomic E-state index is 11.9. The van der Waals surface area contributed by atoms with Crippen molar-refractivity contribution in [3.63, 3.8) is 0 Å². The fourth-order valence-electron chi connectivity index (χ4n) is 1.52. The molecule has 1 aromatic carbocycles. The molecule has 2 rings (SSSR count). The standard InChI is InChI=1S/C13H11BrClNOS/c14-12-7-10(15)1-2-11(12)13(17)16-5-3-9-4-6-18-8-9/h1-2,4,6-8H,3,5H2,(H,16,17). The summed E-state index contributed by atoms with van der Waals surface area (Å²) in [4.78, 5) is 11.9. The van der Waals surface area contributed by atoms with Gasteiger partial charge in [0.25, 0.3) is 5.91 Å². The van der Waals surface area contributed by atoms with Crippen LogP contribution in [-0.4, -0.2) is 12.5 Å². The Hall–Kier alpha value is -0.840. The summed E-state index contributed by atoms with van der Waals surface area (Å²) in [5, 5.41) is 7.62. The molecule has 1 amide bonds. The molecule has 0 spiro atoms. The summed E-state index contributed by atoms with van der Waals surface area (Å²) in [7, 11) is 0. The molecule has 2 aromatic rings. The summed E-state index contributed by atoms with van der Waals surface area (Å²) >= 11 is 10.8. The molecule has 0 bridgehead atoms. The second kappa shape index (κ2) is 6.36. The highest BCUT2D eigenvalue weighted by atomic mass is 79.9. The van der Waals surface area contributed by atoms with Crippen molar-refractivity contribution in [3.05, 3.63) is 55.6 Å². The van der Waals surface area contributed by atoms with E-state index in [1.165, 1.54) is 5.56 Å². The van der Waals surface area contributed by atoms with Crippen LogP contribution in [0.1, 0.15) is 15.9 Å². The van der Waals surface area contributed by atoms with Crippen molar-refractivity contribution < 1.29 is 4.79 Å². The van der Waals surface area contributed by atoms with Crippen molar-refractivity contribution in [2.75, 3.05) is 6.54 Å². The molecule has 0 saturated heterocycles. The number of hydrogen-bond donors (Lipinski definition) is 1. The Kier molecular flexibility index (Phi) is 4.80. The van der Waals surface area contributed by atoms with Crippen molar-refractivity contribution >= 4 is 44.8 Å². The number of amides is 1. The van der Waals surface area contributed by atoms with Gasteiger partial charge >= 0.3 is 0 Å². The van der Waals surface area contributed by atoms with E-state index >= 15 is 0 Å². The van der Waals surface area contributed by atoms with Gasteiger partial charge in [-0.05, 0) is 62.9 Å². The Labute approximate surface area is 123 Å². The topological polar surface area (TPSA) is 29.1 Å². The zero-order valence-corrected chi connectivity index (χ0v) is 12.6. The summed E-state index contributed by atoms with van der Waals surface area (Å²) in [6.45, 7) is 0.630. The van der Waals surface area contributed by atoms with E-state index in [0.29, 0.717) is 21.6 Å². The van der Waals surface area contributed by atoms with E-state index in [2.05, 4.69) is 32.7 Å². The summed E-state index contributed by atoms with van der Waals surface area (Å²) in [6, 6.07) is 7.21. The predicted octanol–water partition coefficient (Wildman–Crippen LogP) is 4.14. The van der Waals surface area contributed by atoms with E-state index in [9.17, 15) is 4.79 Å². The smallest absolute Gasteiger partial charge is 0.252 e. The molecule has 0 saturated carbocycles. The highest BCUT2D eigenvalue weighted by Gasteiger charge is 2.09. The second-order valence-electron chi connectivity index (χ2n) is 3.76. The molecule has 0 aliphatic heterocycles. The normalized spacial score (nSPS) is 10.3. The zero-order valence-electron chi connectivity index (χ0n) is 9.45. The van der Waals surface area contributed by atoms with Crippen LogP contribution < -0.4 is 5.32 Å². The quantitative estimate of drug-likeness (QED) is 0.887. The van der Waals surface area contributed by atoms with Gasteiger partial charge in [-0.2, -0.15) is 11.3 Å². The molecule has 0 radical (unpaired) electrons. The number of hydrogen-bond acceptors (Lipinski definition) is 2. The number of rotatable bonds is 4. The molecule has 94 valence electrons. The first-order valence-electron chi connectivity index (χ1n) is 5.41. The third kappa shape index (κ3) is 3.57. The van der Waals surface area contributed by atoms with Crippen molar-refractivity contribution in [2.45, 2.75) is 6.42 Å². The summed E-state index contributed by atoms with van der Waals surface area (Å²) in [5.74, 6) is -0.0891. The van der Waals surface area contributed by atoms with Gasteiger partial charge in [-0.25, -0.2) is 0 Å². The monoisotopic (exact) mass is 343 g/mol. The Morgan fingerprint density at radius 1 is 1.39 bits per heavy atom. The first-order chi connectivity index (χ1) is 8.66. The molecule has 1 aromatic heterocycles. The number of halogens is 2. The molecule has 0 aliphatic rings. The summed E-state index contributed by atoms with van der Waals surface area (Å²) < 4.78 is 0.711. The molecule has 0 fully saturated rings. The van der Waals surface area contributed by atoms with Crippen molar-refractivity contribution in [1.82, 2.24) is 5.32 Å². The van der Waals surface area contributed by atoms with Crippen LogP contribution >= 0.6 is 38.9 Å². The first-order valence-corrected chi connectivity index (χ1v) is 7.52. The maximum Gasteiger partial charge on any atom is 0.252 e. The van der Waals surface area contributed by atoms with E-state index in [1.54, 1.807) is 29.5 Å². The average molecular weight is 345 g/mol. The van der Waals surface area contributed by atoms with Crippen LogP contribution in [0.25, 0.3) is 0 Å². The summed E-state index contributed by atoms with van der Waals surface area (Å²) in [5.41, 5.74) is 1.85. The van der Waals surface area contributed by atoms with E-state index < -0.39 is 0 Å². The molecule has 0 unspecified atom stereocenters. The van der Waals surface area contributed by atoms with Gasteiger partial charge in [-0.1, -0.05) is 11.6 Å². The molecule has 1 heterocycles. The van der Waals surface area contributed by atoms with Gasteiger partial charge in [0, 0.05) is 16.0 Å². The molecule has 18 heavy (non-hydrogen) atoms. The number of carbonyl (C=O) groups is 1. The van der Waals surface area contributed by atoms with Crippen LogP contribution in [0.3, 0.4) is 0 Å². The van der Waals surface area contributed by atoms with Gasteiger partial charge in [0.1, 0.15) is 0 Å². The number of nitrogens with one attached hydrogen (secondary N) is 1. The van der Waals surface area contributed by atoms with Crippen LogP contribution in [0.4, 0.5) is 0 Å². The van der Waals surface area contributed by atoms with E-state index in [4.69, 9.17) is 11.6 Å². The van der Waals surface area contributed by atoms with Gasteiger partial charge in [-0.15, -0.1) is 0 Å². The van der Waals surface area contributed by atoms with Crippen molar-refractivity contribution in [1.29, 1.82) is 0 Å². The average Bonchev–Trinajstić information content (AvgIpc) is 2.81. The lowest BCUT2D eigenvalue weighted by Crippen LogP contribution is -2.25. The molecule has 2 nitrogen and oxygen atoms in total. The van der Waals surface area contributed by atoms with Crippen LogP contribution in [0, 0.1) is 0 Å². The largest absolute Gasteiger partial charge is 0.352 e. The number of benzene rings is 1. The second-order valence-corrected chi connectivity index (χ2v) is 5.83. The third-order valence-electron chi connectivity index (χ3n) is 2.46.